The first-order valence-corrected chi connectivity index (χ1v) is 6.73. The van der Waals surface area contributed by atoms with Crippen LogP contribution in [0.2, 0.25) is 0 Å². The average molecular weight is 357 g/mol. The summed E-state index contributed by atoms with van der Waals surface area (Å²) < 4.78 is 29.2. The standard InChI is InChI=1S/C14H11BrF2N2O2/c1-8-5-10(7-18-12(8)15)19-13(20)9-3-2-4-11(6-9)21-14(16)17/h2-7,14H,1H3,(H,19,20). The molecule has 1 amide bonds. The maximum atomic E-state index is 12.1. The van der Waals surface area contributed by atoms with Gasteiger partial charge in [0.2, 0.25) is 0 Å². The molecule has 0 radical (unpaired) electrons. The van der Waals surface area contributed by atoms with E-state index in [1.807, 2.05) is 6.92 Å². The molecule has 0 saturated carbocycles. The Balaban J connectivity index is 2.14. The second kappa shape index (κ2) is 6.62. The summed E-state index contributed by atoms with van der Waals surface area (Å²) in [4.78, 5) is 16.1. The quantitative estimate of drug-likeness (QED) is 0.842. The van der Waals surface area contributed by atoms with E-state index in [4.69, 9.17) is 0 Å². The molecule has 0 unspecified atom stereocenters. The summed E-state index contributed by atoms with van der Waals surface area (Å²) in [7, 11) is 0. The van der Waals surface area contributed by atoms with Gasteiger partial charge >= 0.3 is 6.61 Å². The number of aromatic nitrogens is 1. The molecule has 1 N–H and O–H groups in total. The molecule has 2 rings (SSSR count). The number of alkyl halides is 2. The topological polar surface area (TPSA) is 51.2 Å². The number of carbonyl (C=O) groups excluding carboxylic acids is 1. The van der Waals surface area contributed by atoms with Gasteiger partial charge in [0.05, 0.1) is 11.9 Å². The van der Waals surface area contributed by atoms with Gasteiger partial charge in [0.25, 0.3) is 5.91 Å². The number of hydrogen-bond donors (Lipinski definition) is 1. The minimum Gasteiger partial charge on any atom is -0.435 e. The van der Waals surface area contributed by atoms with Gasteiger partial charge in [-0.05, 0) is 52.7 Å². The van der Waals surface area contributed by atoms with Gasteiger partial charge in [-0.15, -0.1) is 0 Å². The average Bonchev–Trinajstić information content (AvgIpc) is 2.42. The van der Waals surface area contributed by atoms with Crippen molar-refractivity contribution >= 4 is 27.5 Å². The third-order valence-electron chi connectivity index (χ3n) is 2.59. The minimum atomic E-state index is -2.93. The summed E-state index contributed by atoms with van der Waals surface area (Å²) in [5, 5.41) is 2.64. The lowest BCUT2D eigenvalue weighted by Gasteiger charge is -2.08. The van der Waals surface area contributed by atoms with Crippen molar-refractivity contribution in [3.05, 3.63) is 52.3 Å². The molecule has 110 valence electrons. The Morgan fingerprint density at radius 1 is 1.38 bits per heavy atom. The number of pyridine rings is 1. The summed E-state index contributed by atoms with van der Waals surface area (Å²) in [5.41, 5.74) is 1.59. The second-order valence-electron chi connectivity index (χ2n) is 4.19. The number of rotatable bonds is 4. The number of hydrogen-bond acceptors (Lipinski definition) is 3. The largest absolute Gasteiger partial charge is 0.435 e. The van der Waals surface area contributed by atoms with E-state index in [9.17, 15) is 13.6 Å². The highest BCUT2D eigenvalue weighted by atomic mass is 79.9. The maximum Gasteiger partial charge on any atom is 0.387 e. The summed E-state index contributed by atoms with van der Waals surface area (Å²) in [6.07, 6.45) is 1.49. The predicted octanol–water partition coefficient (Wildman–Crippen LogP) is 4.01. The SMILES string of the molecule is Cc1cc(NC(=O)c2cccc(OC(F)F)c2)cnc1Br. The highest BCUT2D eigenvalue weighted by molar-refractivity contribution is 9.10. The first kappa shape index (κ1) is 15.4. The van der Waals surface area contributed by atoms with Crippen molar-refractivity contribution in [3.63, 3.8) is 0 Å². The van der Waals surface area contributed by atoms with Gasteiger partial charge in [0.1, 0.15) is 10.4 Å². The molecular weight excluding hydrogens is 346 g/mol. The highest BCUT2D eigenvalue weighted by Gasteiger charge is 2.10. The molecule has 0 aliphatic heterocycles. The van der Waals surface area contributed by atoms with Gasteiger partial charge in [0.15, 0.2) is 0 Å². The number of ether oxygens (including phenoxy) is 1. The minimum absolute atomic E-state index is 0.0669. The molecule has 1 aromatic carbocycles. The lowest BCUT2D eigenvalue weighted by molar-refractivity contribution is -0.0498. The molecule has 0 aliphatic carbocycles. The molecule has 21 heavy (non-hydrogen) atoms. The van der Waals surface area contributed by atoms with Crippen molar-refractivity contribution < 1.29 is 18.3 Å². The van der Waals surface area contributed by atoms with Crippen molar-refractivity contribution in [2.45, 2.75) is 13.5 Å². The Kier molecular flexibility index (Phi) is 4.85. The lowest BCUT2D eigenvalue weighted by Crippen LogP contribution is -2.12. The number of nitrogens with zero attached hydrogens (tertiary/aromatic N) is 1. The van der Waals surface area contributed by atoms with E-state index < -0.39 is 12.5 Å². The molecule has 0 atom stereocenters. The van der Waals surface area contributed by atoms with Crippen LogP contribution >= 0.6 is 15.9 Å². The first-order chi connectivity index (χ1) is 9.95. The van der Waals surface area contributed by atoms with Crippen LogP contribution < -0.4 is 10.1 Å². The van der Waals surface area contributed by atoms with Gasteiger partial charge in [-0.25, -0.2) is 4.98 Å². The third-order valence-corrected chi connectivity index (χ3v) is 3.42. The number of amides is 1. The second-order valence-corrected chi connectivity index (χ2v) is 4.94. The van der Waals surface area contributed by atoms with E-state index in [2.05, 4.69) is 31.0 Å². The molecule has 0 spiro atoms. The zero-order valence-corrected chi connectivity index (χ0v) is 12.5. The molecule has 1 aromatic heterocycles. The first-order valence-electron chi connectivity index (χ1n) is 5.94. The van der Waals surface area contributed by atoms with Crippen molar-refractivity contribution in [1.29, 1.82) is 0 Å². The van der Waals surface area contributed by atoms with Crippen LogP contribution in [0.15, 0.2) is 41.1 Å². The molecule has 7 heteroatoms. The fourth-order valence-corrected chi connectivity index (χ4v) is 1.86. The number of nitrogens with one attached hydrogen (secondary N) is 1. The Morgan fingerprint density at radius 2 is 2.14 bits per heavy atom. The number of halogens is 3. The Morgan fingerprint density at radius 3 is 2.81 bits per heavy atom. The summed E-state index contributed by atoms with van der Waals surface area (Å²) in [6.45, 7) is -1.09. The van der Waals surface area contributed by atoms with E-state index in [1.54, 1.807) is 6.07 Å². The van der Waals surface area contributed by atoms with Gasteiger partial charge < -0.3 is 10.1 Å². The lowest BCUT2D eigenvalue weighted by atomic mass is 10.2. The molecule has 2 aromatic rings. The van der Waals surface area contributed by atoms with Crippen molar-refractivity contribution in [3.8, 4) is 5.75 Å². The number of benzene rings is 1. The van der Waals surface area contributed by atoms with Crippen LogP contribution in [0.5, 0.6) is 5.75 Å². The van der Waals surface area contributed by atoms with E-state index in [0.29, 0.717) is 10.3 Å². The Labute approximate surface area is 128 Å². The summed E-state index contributed by atoms with van der Waals surface area (Å²) in [6, 6.07) is 7.33. The number of carbonyl (C=O) groups is 1. The fraction of sp³-hybridized carbons (Fsp3) is 0.143. The van der Waals surface area contributed by atoms with Crippen LogP contribution in [0.4, 0.5) is 14.5 Å². The van der Waals surface area contributed by atoms with Gasteiger partial charge in [-0.1, -0.05) is 6.07 Å². The molecule has 0 bridgehead atoms. The van der Waals surface area contributed by atoms with Crippen LogP contribution in [-0.2, 0) is 0 Å². The monoisotopic (exact) mass is 356 g/mol. The van der Waals surface area contributed by atoms with E-state index in [0.717, 1.165) is 5.56 Å². The van der Waals surface area contributed by atoms with Crippen LogP contribution in [0.1, 0.15) is 15.9 Å². The Bertz CT molecular complexity index is 665. The smallest absolute Gasteiger partial charge is 0.387 e. The van der Waals surface area contributed by atoms with Crippen LogP contribution in [0.25, 0.3) is 0 Å². The molecule has 4 nitrogen and oxygen atoms in total. The third kappa shape index (κ3) is 4.22. The van der Waals surface area contributed by atoms with E-state index >= 15 is 0 Å². The molecular formula is C14H11BrF2N2O2. The van der Waals surface area contributed by atoms with Crippen LogP contribution in [0.3, 0.4) is 0 Å². The van der Waals surface area contributed by atoms with Crippen LogP contribution in [0, 0.1) is 6.92 Å². The number of aryl methyl sites for hydroxylation is 1. The van der Waals surface area contributed by atoms with Crippen molar-refractivity contribution in [2.24, 2.45) is 0 Å². The molecule has 0 saturated heterocycles. The normalized spacial score (nSPS) is 10.5. The van der Waals surface area contributed by atoms with Gasteiger partial charge in [-0.3, -0.25) is 4.79 Å². The van der Waals surface area contributed by atoms with Crippen LogP contribution in [-0.4, -0.2) is 17.5 Å². The fourth-order valence-electron chi connectivity index (χ4n) is 1.64. The molecule has 1 heterocycles. The predicted molar refractivity (Wildman–Crippen MR) is 77.7 cm³/mol. The van der Waals surface area contributed by atoms with Crippen molar-refractivity contribution in [2.75, 3.05) is 5.32 Å². The summed E-state index contributed by atoms with van der Waals surface area (Å²) >= 11 is 3.26. The maximum absolute atomic E-state index is 12.1. The van der Waals surface area contributed by atoms with Gasteiger partial charge in [-0.2, -0.15) is 8.78 Å². The van der Waals surface area contributed by atoms with Crippen molar-refractivity contribution in [1.82, 2.24) is 4.98 Å². The zero-order valence-electron chi connectivity index (χ0n) is 10.9. The Hall–Kier alpha value is -2.02. The molecule has 0 fully saturated rings. The zero-order chi connectivity index (χ0) is 15.4. The van der Waals surface area contributed by atoms with E-state index in [1.165, 1.54) is 30.5 Å². The van der Waals surface area contributed by atoms with Gasteiger partial charge in [0, 0.05) is 5.56 Å². The number of anilines is 1. The highest BCUT2D eigenvalue weighted by Crippen LogP contribution is 2.19. The summed E-state index contributed by atoms with van der Waals surface area (Å²) in [5.74, 6) is -0.499. The van der Waals surface area contributed by atoms with E-state index in [-0.39, 0.29) is 11.3 Å². The molecule has 0 aliphatic rings.